The predicted molar refractivity (Wildman–Crippen MR) is 103 cm³/mol. The molecule has 6 nitrogen and oxygen atoms in total. The van der Waals surface area contributed by atoms with Gasteiger partial charge in [0.15, 0.2) is 5.69 Å². The lowest BCUT2D eigenvalue weighted by Gasteiger charge is -2.26. The van der Waals surface area contributed by atoms with Crippen LogP contribution in [0.1, 0.15) is 48.2 Å². The van der Waals surface area contributed by atoms with Gasteiger partial charge in [-0.2, -0.15) is 0 Å². The summed E-state index contributed by atoms with van der Waals surface area (Å²) >= 11 is 7.22. The average Bonchev–Trinajstić information content (AvgIpc) is 3.17. The monoisotopic (exact) mass is 392 g/mol. The largest absolute Gasteiger partial charge is 0.352 e. The number of hydrogen-bond acceptors (Lipinski definition) is 5. The lowest BCUT2D eigenvalue weighted by molar-refractivity contribution is -0.120. The SMILES string of the molecule is Cc1ccc(Cl)cc1N(CC(=O)NC1CCCCC1)C(=O)c1csnn1. The molecule has 1 aliphatic carbocycles. The molecule has 1 aromatic carbocycles. The fourth-order valence-corrected chi connectivity index (χ4v) is 3.80. The quantitative estimate of drug-likeness (QED) is 0.843. The van der Waals surface area contributed by atoms with Gasteiger partial charge in [-0.05, 0) is 49.0 Å². The summed E-state index contributed by atoms with van der Waals surface area (Å²) in [6, 6.07) is 5.48. The molecule has 1 N–H and O–H groups in total. The Hall–Kier alpha value is -1.99. The number of aromatic nitrogens is 2. The first-order valence-electron chi connectivity index (χ1n) is 8.69. The highest BCUT2D eigenvalue weighted by atomic mass is 35.5. The maximum absolute atomic E-state index is 12.9. The molecule has 26 heavy (non-hydrogen) atoms. The zero-order chi connectivity index (χ0) is 18.5. The highest BCUT2D eigenvalue weighted by molar-refractivity contribution is 7.03. The molecule has 3 rings (SSSR count). The number of nitrogens with one attached hydrogen (secondary N) is 1. The molecule has 1 aromatic heterocycles. The summed E-state index contributed by atoms with van der Waals surface area (Å²) in [4.78, 5) is 26.9. The Kier molecular flexibility index (Phi) is 6.21. The van der Waals surface area contributed by atoms with Gasteiger partial charge in [0.1, 0.15) is 6.54 Å². The highest BCUT2D eigenvalue weighted by Crippen LogP contribution is 2.26. The van der Waals surface area contributed by atoms with E-state index in [9.17, 15) is 9.59 Å². The molecule has 0 unspecified atom stereocenters. The van der Waals surface area contributed by atoms with Crippen LogP contribution in [0.15, 0.2) is 23.6 Å². The van der Waals surface area contributed by atoms with E-state index in [4.69, 9.17) is 11.6 Å². The minimum absolute atomic E-state index is 0.0754. The van der Waals surface area contributed by atoms with Crippen LogP contribution in [0.4, 0.5) is 5.69 Å². The molecular formula is C18H21ClN4O2S. The van der Waals surface area contributed by atoms with E-state index in [1.165, 1.54) is 11.3 Å². The van der Waals surface area contributed by atoms with Crippen LogP contribution >= 0.6 is 23.1 Å². The van der Waals surface area contributed by atoms with Crippen molar-refractivity contribution in [2.75, 3.05) is 11.4 Å². The number of nitrogens with zero attached hydrogens (tertiary/aromatic N) is 3. The second-order valence-corrected chi connectivity index (χ2v) is 7.56. The number of hydrogen-bond donors (Lipinski definition) is 1. The van der Waals surface area contributed by atoms with Crippen molar-refractivity contribution in [2.24, 2.45) is 0 Å². The number of rotatable bonds is 5. The minimum atomic E-state index is -0.358. The molecular weight excluding hydrogens is 372 g/mol. The summed E-state index contributed by atoms with van der Waals surface area (Å²) in [5, 5.41) is 8.99. The molecule has 2 aromatic rings. The summed E-state index contributed by atoms with van der Waals surface area (Å²) in [6.07, 6.45) is 5.46. The van der Waals surface area contributed by atoms with Gasteiger partial charge in [-0.3, -0.25) is 14.5 Å². The summed E-state index contributed by atoms with van der Waals surface area (Å²) in [6.45, 7) is 1.80. The second-order valence-electron chi connectivity index (χ2n) is 6.51. The number of halogens is 1. The van der Waals surface area contributed by atoms with Gasteiger partial charge in [0.2, 0.25) is 5.91 Å². The molecule has 1 aliphatic rings. The van der Waals surface area contributed by atoms with Crippen LogP contribution in [0.5, 0.6) is 0 Å². The average molecular weight is 393 g/mol. The zero-order valence-corrected chi connectivity index (χ0v) is 16.1. The molecule has 1 fully saturated rings. The Balaban J connectivity index is 1.81. The zero-order valence-electron chi connectivity index (χ0n) is 14.6. The van der Waals surface area contributed by atoms with Crippen LogP contribution in [0.25, 0.3) is 0 Å². The molecule has 8 heteroatoms. The van der Waals surface area contributed by atoms with Crippen molar-refractivity contribution < 1.29 is 9.59 Å². The Morgan fingerprint density at radius 1 is 1.31 bits per heavy atom. The molecule has 1 heterocycles. The number of benzene rings is 1. The lowest BCUT2D eigenvalue weighted by Crippen LogP contribution is -2.45. The summed E-state index contributed by atoms with van der Waals surface area (Å²) in [5.74, 6) is -0.532. The summed E-state index contributed by atoms with van der Waals surface area (Å²) < 4.78 is 3.75. The van der Waals surface area contributed by atoms with Crippen LogP contribution in [-0.4, -0.2) is 34.0 Å². The van der Waals surface area contributed by atoms with Gasteiger partial charge in [-0.1, -0.05) is 41.4 Å². The lowest BCUT2D eigenvalue weighted by atomic mass is 9.95. The second kappa shape index (κ2) is 8.60. The molecule has 0 spiro atoms. The van der Waals surface area contributed by atoms with Crippen LogP contribution in [-0.2, 0) is 4.79 Å². The fourth-order valence-electron chi connectivity index (χ4n) is 3.20. The Morgan fingerprint density at radius 3 is 2.77 bits per heavy atom. The van der Waals surface area contributed by atoms with Crippen molar-refractivity contribution in [3.8, 4) is 0 Å². The molecule has 1 saturated carbocycles. The summed E-state index contributed by atoms with van der Waals surface area (Å²) in [5.41, 5.74) is 1.69. The van der Waals surface area contributed by atoms with Gasteiger partial charge >= 0.3 is 0 Å². The number of aryl methyl sites for hydroxylation is 1. The van der Waals surface area contributed by atoms with Gasteiger partial charge in [-0.25, -0.2) is 0 Å². The van der Waals surface area contributed by atoms with Crippen molar-refractivity contribution in [1.82, 2.24) is 14.9 Å². The van der Waals surface area contributed by atoms with E-state index in [2.05, 4.69) is 14.9 Å². The molecule has 0 saturated heterocycles. The van der Waals surface area contributed by atoms with E-state index in [-0.39, 0.29) is 30.1 Å². The van der Waals surface area contributed by atoms with E-state index in [0.29, 0.717) is 10.7 Å². The van der Waals surface area contributed by atoms with Gasteiger partial charge in [0.25, 0.3) is 5.91 Å². The first-order chi connectivity index (χ1) is 12.5. The van der Waals surface area contributed by atoms with E-state index < -0.39 is 0 Å². The molecule has 0 atom stereocenters. The Morgan fingerprint density at radius 2 is 2.08 bits per heavy atom. The van der Waals surface area contributed by atoms with Crippen molar-refractivity contribution >= 4 is 40.6 Å². The van der Waals surface area contributed by atoms with Crippen molar-refractivity contribution in [1.29, 1.82) is 0 Å². The minimum Gasteiger partial charge on any atom is -0.352 e. The Bertz CT molecular complexity index is 776. The van der Waals surface area contributed by atoms with Gasteiger partial charge in [0, 0.05) is 22.1 Å². The fraction of sp³-hybridized carbons (Fsp3) is 0.444. The maximum atomic E-state index is 12.9. The molecule has 0 aliphatic heterocycles. The number of carbonyl (C=O) groups excluding carboxylic acids is 2. The molecule has 0 bridgehead atoms. The van der Waals surface area contributed by atoms with E-state index in [1.54, 1.807) is 17.5 Å². The van der Waals surface area contributed by atoms with E-state index >= 15 is 0 Å². The van der Waals surface area contributed by atoms with Crippen LogP contribution < -0.4 is 10.2 Å². The predicted octanol–water partition coefficient (Wildman–Crippen LogP) is 3.60. The first kappa shape index (κ1) is 18.8. The number of anilines is 1. The number of amides is 2. The van der Waals surface area contributed by atoms with Gasteiger partial charge < -0.3 is 5.32 Å². The highest BCUT2D eigenvalue weighted by Gasteiger charge is 2.25. The van der Waals surface area contributed by atoms with Crippen LogP contribution in [0, 0.1) is 6.92 Å². The van der Waals surface area contributed by atoms with Crippen molar-refractivity contribution in [3.63, 3.8) is 0 Å². The standard InChI is InChI=1S/C18H21ClN4O2S/c1-12-7-8-13(19)9-16(12)23(18(25)15-11-26-22-21-15)10-17(24)20-14-5-3-2-4-6-14/h7-9,11,14H,2-6,10H2,1H3,(H,20,24). The molecule has 138 valence electrons. The topological polar surface area (TPSA) is 75.2 Å². The normalized spacial score (nSPS) is 14.8. The van der Waals surface area contributed by atoms with Crippen molar-refractivity contribution in [3.05, 3.63) is 39.9 Å². The molecule has 0 radical (unpaired) electrons. The summed E-state index contributed by atoms with van der Waals surface area (Å²) in [7, 11) is 0. The number of carbonyl (C=O) groups is 2. The first-order valence-corrected chi connectivity index (χ1v) is 9.90. The van der Waals surface area contributed by atoms with Crippen molar-refractivity contribution in [2.45, 2.75) is 45.1 Å². The van der Waals surface area contributed by atoms with E-state index in [0.717, 1.165) is 42.8 Å². The van der Waals surface area contributed by atoms with E-state index in [1.807, 2.05) is 13.0 Å². The third-order valence-corrected chi connectivity index (χ3v) is 5.30. The Labute approximate surface area is 161 Å². The van der Waals surface area contributed by atoms with Crippen LogP contribution in [0.3, 0.4) is 0 Å². The maximum Gasteiger partial charge on any atom is 0.280 e. The van der Waals surface area contributed by atoms with Gasteiger partial charge in [0.05, 0.1) is 0 Å². The third-order valence-electron chi connectivity index (χ3n) is 4.56. The molecule has 2 amide bonds. The third kappa shape index (κ3) is 4.59. The van der Waals surface area contributed by atoms with Crippen LogP contribution in [0.2, 0.25) is 5.02 Å². The smallest absolute Gasteiger partial charge is 0.280 e. The van der Waals surface area contributed by atoms with Gasteiger partial charge in [-0.15, -0.1) is 5.10 Å².